The van der Waals surface area contributed by atoms with Crippen LogP contribution in [0.2, 0.25) is 0 Å². The van der Waals surface area contributed by atoms with Gasteiger partial charge in [0, 0.05) is 6.20 Å². The van der Waals surface area contributed by atoms with Crippen molar-refractivity contribution >= 4 is 17.5 Å². The second-order valence-electron chi connectivity index (χ2n) is 4.73. The third-order valence-electron chi connectivity index (χ3n) is 2.84. The first-order valence-electron chi connectivity index (χ1n) is 5.45. The van der Waals surface area contributed by atoms with Gasteiger partial charge in [-0.25, -0.2) is 0 Å². The van der Waals surface area contributed by atoms with E-state index in [0.29, 0.717) is 5.69 Å². The molecule has 1 aliphatic rings. The molecule has 17 heavy (non-hydrogen) atoms. The SMILES string of the molecule is Cc1ccncc1N1CC(=O)NC(C)(C)C1=O. The number of nitrogens with one attached hydrogen (secondary N) is 1. The quantitative estimate of drug-likeness (QED) is 0.774. The summed E-state index contributed by atoms with van der Waals surface area (Å²) in [6.45, 7) is 5.34. The predicted octanol–water partition coefficient (Wildman–Crippen LogP) is 0.631. The van der Waals surface area contributed by atoms with E-state index >= 15 is 0 Å². The Balaban J connectivity index is 2.42. The van der Waals surface area contributed by atoms with Crippen molar-refractivity contribution in [1.29, 1.82) is 0 Å². The Hall–Kier alpha value is -1.91. The highest BCUT2D eigenvalue weighted by Gasteiger charge is 2.40. The van der Waals surface area contributed by atoms with Crippen molar-refractivity contribution < 1.29 is 9.59 Å². The van der Waals surface area contributed by atoms with Crippen LogP contribution in [-0.2, 0) is 9.59 Å². The van der Waals surface area contributed by atoms with Gasteiger partial charge in [-0.15, -0.1) is 0 Å². The number of carbonyl (C=O) groups excluding carboxylic acids is 2. The second-order valence-corrected chi connectivity index (χ2v) is 4.73. The number of aryl methyl sites for hydroxylation is 1. The molecule has 0 aliphatic carbocycles. The molecule has 1 aliphatic heterocycles. The first kappa shape index (κ1) is 11.6. The summed E-state index contributed by atoms with van der Waals surface area (Å²) in [5.41, 5.74) is 0.761. The molecule has 90 valence electrons. The molecule has 5 heteroatoms. The lowest BCUT2D eigenvalue weighted by Gasteiger charge is -2.37. The van der Waals surface area contributed by atoms with Crippen LogP contribution in [0, 0.1) is 6.92 Å². The van der Waals surface area contributed by atoms with Gasteiger partial charge in [-0.05, 0) is 32.4 Å². The Bertz CT molecular complexity index is 482. The molecule has 1 saturated heterocycles. The van der Waals surface area contributed by atoms with Gasteiger partial charge >= 0.3 is 0 Å². The minimum atomic E-state index is -0.863. The first-order chi connectivity index (χ1) is 7.92. The van der Waals surface area contributed by atoms with Gasteiger partial charge in [0.1, 0.15) is 12.1 Å². The van der Waals surface area contributed by atoms with Crippen LogP contribution in [0.5, 0.6) is 0 Å². The van der Waals surface area contributed by atoms with Crippen molar-refractivity contribution in [2.24, 2.45) is 0 Å². The molecule has 0 saturated carbocycles. The lowest BCUT2D eigenvalue weighted by molar-refractivity contribution is -0.134. The fourth-order valence-electron chi connectivity index (χ4n) is 1.93. The summed E-state index contributed by atoms with van der Waals surface area (Å²) in [4.78, 5) is 29.3. The van der Waals surface area contributed by atoms with E-state index in [4.69, 9.17) is 0 Å². The lowest BCUT2D eigenvalue weighted by Crippen LogP contribution is -2.64. The average molecular weight is 233 g/mol. The number of anilines is 1. The van der Waals surface area contributed by atoms with Gasteiger partial charge in [0.25, 0.3) is 5.91 Å². The fraction of sp³-hybridized carbons (Fsp3) is 0.417. The number of hydrogen-bond acceptors (Lipinski definition) is 3. The van der Waals surface area contributed by atoms with Crippen LogP contribution in [-0.4, -0.2) is 28.9 Å². The molecule has 2 amide bonds. The van der Waals surface area contributed by atoms with Crippen LogP contribution in [0.1, 0.15) is 19.4 Å². The summed E-state index contributed by atoms with van der Waals surface area (Å²) < 4.78 is 0. The topological polar surface area (TPSA) is 62.3 Å². The molecule has 0 bridgehead atoms. The smallest absolute Gasteiger partial charge is 0.252 e. The third kappa shape index (κ3) is 2.00. The zero-order valence-corrected chi connectivity index (χ0v) is 10.2. The summed E-state index contributed by atoms with van der Waals surface area (Å²) in [5.74, 6) is -0.272. The highest BCUT2D eigenvalue weighted by molar-refractivity contribution is 6.08. The van der Waals surface area contributed by atoms with Crippen LogP contribution in [0.25, 0.3) is 0 Å². The van der Waals surface area contributed by atoms with E-state index in [1.807, 2.05) is 13.0 Å². The number of aromatic nitrogens is 1. The third-order valence-corrected chi connectivity index (χ3v) is 2.84. The van der Waals surface area contributed by atoms with E-state index in [1.165, 1.54) is 4.90 Å². The molecule has 1 N–H and O–H groups in total. The molecular formula is C12H15N3O2. The Morgan fingerprint density at radius 1 is 1.41 bits per heavy atom. The Morgan fingerprint density at radius 2 is 2.12 bits per heavy atom. The summed E-state index contributed by atoms with van der Waals surface area (Å²) in [5, 5.41) is 2.67. The molecule has 5 nitrogen and oxygen atoms in total. The maximum absolute atomic E-state index is 12.2. The predicted molar refractivity (Wildman–Crippen MR) is 63.5 cm³/mol. The fourth-order valence-corrected chi connectivity index (χ4v) is 1.93. The van der Waals surface area contributed by atoms with E-state index in [2.05, 4.69) is 10.3 Å². The summed E-state index contributed by atoms with van der Waals surface area (Å²) in [7, 11) is 0. The molecule has 0 radical (unpaired) electrons. The van der Waals surface area contributed by atoms with Crippen molar-refractivity contribution in [2.75, 3.05) is 11.4 Å². The molecular weight excluding hydrogens is 218 g/mol. The maximum Gasteiger partial charge on any atom is 0.252 e. The summed E-state index contributed by atoms with van der Waals surface area (Å²) in [6.07, 6.45) is 3.28. The van der Waals surface area contributed by atoms with Crippen molar-refractivity contribution in [3.63, 3.8) is 0 Å². The van der Waals surface area contributed by atoms with E-state index in [0.717, 1.165) is 5.56 Å². The molecule has 0 atom stereocenters. The second kappa shape index (κ2) is 3.84. The van der Waals surface area contributed by atoms with Crippen LogP contribution in [0.3, 0.4) is 0 Å². The van der Waals surface area contributed by atoms with Gasteiger partial charge in [-0.2, -0.15) is 0 Å². The van der Waals surface area contributed by atoms with Crippen LogP contribution in [0.4, 0.5) is 5.69 Å². The minimum Gasteiger partial charge on any atom is -0.341 e. The van der Waals surface area contributed by atoms with E-state index in [1.54, 1.807) is 26.2 Å². The van der Waals surface area contributed by atoms with E-state index in [-0.39, 0.29) is 18.4 Å². The van der Waals surface area contributed by atoms with Gasteiger partial charge in [0.2, 0.25) is 5.91 Å². The number of piperazine rings is 1. The van der Waals surface area contributed by atoms with Gasteiger partial charge in [0.15, 0.2) is 0 Å². The number of amides is 2. The van der Waals surface area contributed by atoms with Crippen LogP contribution in [0.15, 0.2) is 18.5 Å². The number of rotatable bonds is 1. The highest BCUT2D eigenvalue weighted by Crippen LogP contribution is 2.23. The monoisotopic (exact) mass is 233 g/mol. The highest BCUT2D eigenvalue weighted by atomic mass is 16.2. The van der Waals surface area contributed by atoms with E-state index in [9.17, 15) is 9.59 Å². The van der Waals surface area contributed by atoms with Crippen LogP contribution < -0.4 is 10.2 Å². The maximum atomic E-state index is 12.2. The minimum absolute atomic E-state index is 0.0504. The average Bonchev–Trinajstić information content (AvgIpc) is 2.24. The number of hydrogen-bond donors (Lipinski definition) is 1. The van der Waals surface area contributed by atoms with Crippen molar-refractivity contribution in [3.05, 3.63) is 24.0 Å². The van der Waals surface area contributed by atoms with Crippen LogP contribution >= 0.6 is 0 Å². The van der Waals surface area contributed by atoms with Crippen molar-refractivity contribution in [2.45, 2.75) is 26.3 Å². The molecule has 0 aromatic carbocycles. The van der Waals surface area contributed by atoms with Gasteiger partial charge in [0.05, 0.1) is 11.9 Å². The van der Waals surface area contributed by atoms with Gasteiger partial charge < -0.3 is 5.32 Å². The van der Waals surface area contributed by atoms with Crippen molar-refractivity contribution in [3.8, 4) is 0 Å². The zero-order valence-electron chi connectivity index (χ0n) is 10.2. The van der Waals surface area contributed by atoms with Gasteiger partial charge in [-0.1, -0.05) is 0 Å². The zero-order chi connectivity index (χ0) is 12.6. The Morgan fingerprint density at radius 3 is 2.76 bits per heavy atom. The molecule has 0 unspecified atom stereocenters. The van der Waals surface area contributed by atoms with E-state index < -0.39 is 5.54 Å². The van der Waals surface area contributed by atoms with Crippen molar-refractivity contribution in [1.82, 2.24) is 10.3 Å². The molecule has 1 aromatic rings. The molecule has 1 fully saturated rings. The Kier molecular flexibility index (Phi) is 2.61. The number of carbonyl (C=O) groups is 2. The normalized spacial score (nSPS) is 19.1. The number of nitrogens with zero attached hydrogens (tertiary/aromatic N) is 2. The van der Waals surface area contributed by atoms with Gasteiger partial charge in [-0.3, -0.25) is 19.5 Å². The summed E-state index contributed by atoms with van der Waals surface area (Å²) in [6, 6.07) is 1.82. The molecule has 2 heterocycles. The molecule has 1 aromatic heterocycles. The standard InChI is InChI=1S/C12H15N3O2/c1-8-4-5-13-6-9(8)15-7-10(16)14-12(2,3)11(15)17/h4-6H,7H2,1-3H3,(H,14,16). The molecule has 2 rings (SSSR count). The molecule has 0 spiro atoms. The first-order valence-corrected chi connectivity index (χ1v) is 5.45. The Labute approximate surface area is 99.8 Å². The lowest BCUT2D eigenvalue weighted by atomic mass is 9.99. The summed E-state index contributed by atoms with van der Waals surface area (Å²) >= 11 is 0. The largest absolute Gasteiger partial charge is 0.341 e. The number of pyridine rings is 1.